The fourth-order valence-electron chi connectivity index (χ4n) is 2.54. The Morgan fingerprint density at radius 2 is 1.88 bits per heavy atom. The molecule has 0 spiro atoms. The van der Waals surface area contributed by atoms with Crippen molar-refractivity contribution in [3.8, 4) is 0 Å². The first-order valence-corrected chi connectivity index (χ1v) is 7.90. The van der Waals surface area contributed by atoms with Crippen molar-refractivity contribution in [1.82, 2.24) is 9.88 Å². The number of hydrogen-bond acceptors (Lipinski definition) is 4. The van der Waals surface area contributed by atoms with Crippen molar-refractivity contribution < 1.29 is 24.2 Å². The zero-order valence-corrected chi connectivity index (χ0v) is 14.7. The molecule has 2 rings (SSSR count). The summed E-state index contributed by atoms with van der Waals surface area (Å²) in [5, 5.41) is 12.6. The third kappa shape index (κ3) is 4.59. The van der Waals surface area contributed by atoms with Crippen LogP contribution in [-0.2, 0) is 16.0 Å². The quantitative estimate of drug-likeness (QED) is 0.887. The van der Waals surface area contributed by atoms with E-state index in [0.29, 0.717) is 11.1 Å². The molecule has 0 fully saturated rings. The number of nitrogens with zero attached hydrogens (tertiary/aromatic N) is 1. The van der Waals surface area contributed by atoms with Gasteiger partial charge >= 0.3 is 12.1 Å². The van der Waals surface area contributed by atoms with Crippen LogP contribution in [0.1, 0.15) is 38.1 Å². The van der Waals surface area contributed by atoms with Crippen molar-refractivity contribution in [2.24, 2.45) is 0 Å². The number of carboxylic acid groups (broad SMARTS) is 1. The van der Waals surface area contributed by atoms with Gasteiger partial charge in [0.1, 0.15) is 11.6 Å². The van der Waals surface area contributed by atoms with Crippen molar-refractivity contribution in [3.63, 3.8) is 0 Å². The first-order chi connectivity index (χ1) is 11.6. The zero-order chi connectivity index (χ0) is 18.8. The Labute approximate surface area is 145 Å². The maximum absolute atomic E-state index is 11.9. The Bertz CT molecular complexity index is 816. The molecular formula is C18H22N2O5. The summed E-state index contributed by atoms with van der Waals surface area (Å²) in [6.07, 6.45) is 0.852. The summed E-state index contributed by atoms with van der Waals surface area (Å²) in [7, 11) is 0. The lowest BCUT2D eigenvalue weighted by atomic mass is 10.1. The van der Waals surface area contributed by atoms with Gasteiger partial charge in [-0.1, -0.05) is 18.2 Å². The predicted molar refractivity (Wildman–Crippen MR) is 92.7 cm³/mol. The number of fused-ring (bicyclic) bond motifs is 1. The second-order valence-electron chi connectivity index (χ2n) is 6.80. The molecule has 0 aliphatic heterocycles. The minimum atomic E-state index is -1.18. The molecule has 134 valence electrons. The number of carboxylic acids is 1. The van der Waals surface area contributed by atoms with Gasteiger partial charge in [0.2, 0.25) is 5.91 Å². The van der Waals surface area contributed by atoms with Crippen LogP contribution >= 0.6 is 0 Å². The number of para-hydroxylation sites is 1. The van der Waals surface area contributed by atoms with Gasteiger partial charge in [-0.2, -0.15) is 0 Å². The van der Waals surface area contributed by atoms with Crippen molar-refractivity contribution in [2.45, 2.75) is 45.8 Å². The van der Waals surface area contributed by atoms with E-state index in [1.807, 2.05) is 12.1 Å². The molecule has 0 saturated carbocycles. The van der Waals surface area contributed by atoms with Gasteiger partial charge in [-0.3, -0.25) is 9.36 Å². The third-order valence-corrected chi connectivity index (χ3v) is 3.55. The van der Waals surface area contributed by atoms with Gasteiger partial charge in [0, 0.05) is 24.9 Å². The van der Waals surface area contributed by atoms with E-state index in [9.17, 15) is 19.5 Å². The minimum absolute atomic E-state index is 0.0371. The van der Waals surface area contributed by atoms with Crippen LogP contribution in [-0.4, -0.2) is 39.3 Å². The van der Waals surface area contributed by atoms with Crippen LogP contribution in [0.3, 0.4) is 0 Å². The summed E-state index contributed by atoms with van der Waals surface area (Å²) in [5.74, 6) is -1.35. The van der Waals surface area contributed by atoms with Gasteiger partial charge in [-0.25, -0.2) is 9.59 Å². The maximum atomic E-state index is 11.9. The second-order valence-corrected chi connectivity index (χ2v) is 6.80. The Morgan fingerprint density at radius 3 is 2.44 bits per heavy atom. The predicted octanol–water partition coefficient (Wildman–Crippen LogP) is 2.82. The van der Waals surface area contributed by atoms with Crippen LogP contribution in [0.5, 0.6) is 0 Å². The van der Waals surface area contributed by atoms with Crippen LogP contribution in [0, 0.1) is 0 Å². The Hall–Kier alpha value is -2.83. The van der Waals surface area contributed by atoms with Crippen molar-refractivity contribution >= 4 is 28.9 Å². The summed E-state index contributed by atoms with van der Waals surface area (Å²) >= 11 is 0. The Morgan fingerprint density at radius 1 is 1.24 bits per heavy atom. The molecular weight excluding hydrogens is 324 g/mol. The molecule has 2 aromatic rings. The highest BCUT2D eigenvalue weighted by atomic mass is 16.6. The average molecular weight is 346 g/mol. The molecule has 0 saturated heterocycles. The van der Waals surface area contributed by atoms with E-state index in [1.165, 1.54) is 11.5 Å². The number of alkyl carbamates (subject to hydrolysis) is 1. The van der Waals surface area contributed by atoms with E-state index >= 15 is 0 Å². The molecule has 0 aliphatic rings. The largest absolute Gasteiger partial charge is 0.480 e. The molecule has 0 aliphatic carbocycles. The summed E-state index contributed by atoms with van der Waals surface area (Å²) in [4.78, 5) is 35.2. The summed E-state index contributed by atoms with van der Waals surface area (Å²) in [6, 6.07) is 6.06. The third-order valence-electron chi connectivity index (χ3n) is 3.55. The Kier molecular flexibility index (Phi) is 5.15. The minimum Gasteiger partial charge on any atom is -0.480 e. The first kappa shape index (κ1) is 18.5. The van der Waals surface area contributed by atoms with Gasteiger partial charge < -0.3 is 15.2 Å². The molecule has 7 heteroatoms. The van der Waals surface area contributed by atoms with Crippen LogP contribution in [0.2, 0.25) is 0 Å². The lowest BCUT2D eigenvalue weighted by Crippen LogP contribution is -2.44. The Balaban J connectivity index is 2.28. The first-order valence-electron chi connectivity index (χ1n) is 7.90. The van der Waals surface area contributed by atoms with Gasteiger partial charge in [-0.15, -0.1) is 0 Å². The average Bonchev–Trinajstić information content (AvgIpc) is 2.84. The molecule has 1 atom stereocenters. The van der Waals surface area contributed by atoms with Crippen LogP contribution < -0.4 is 5.32 Å². The van der Waals surface area contributed by atoms with Crippen molar-refractivity contribution in [1.29, 1.82) is 0 Å². The lowest BCUT2D eigenvalue weighted by molar-refractivity contribution is -0.139. The number of nitrogens with one attached hydrogen (secondary N) is 1. The number of amides is 1. The topological polar surface area (TPSA) is 97.6 Å². The van der Waals surface area contributed by atoms with Gasteiger partial charge in [0.25, 0.3) is 0 Å². The highest BCUT2D eigenvalue weighted by Crippen LogP contribution is 2.22. The number of hydrogen-bond donors (Lipinski definition) is 2. The molecule has 1 amide bonds. The summed E-state index contributed by atoms with van der Waals surface area (Å²) < 4.78 is 6.58. The monoisotopic (exact) mass is 346 g/mol. The van der Waals surface area contributed by atoms with E-state index in [0.717, 1.165) is 5.39 Å². The number of carbonyl (C=O) groups excluding carboxylic acids is 2. The fourth-order valence-corrected chi connectivity index (χ4v) is 2.54. The van der Waals surface area contributed by atoms with Crippen molar-refractivity contribution in [2.75, 3.05) is 0 Å². The number of aromatic nitrogens is 1. The normalized spacial score (nSPS) is 12.6. The summed E-state index contributed by atoms with van der Waals surface area (Å²) in [6.45, 7) is 6.53. The molecule has 2 N–H and O–H groups in total. The molecule has 7 nitrogen and oxygen atoms in total. The molecule has 0 unspecified atom stereocenters. The zero-order valence-electron chi connectivity index (χ0n) is 14.7. The van der Waals surface area contributed by atoms with Crippen LogP contribution in [0.25, 0.3) is 10.9 Å². The maximum Gasteiger partial charge on any atom is 0.408 e. The summed E-state index contributed by atoms with van der Waals surface area (Å²) in [5.41, 5.74) is 0.637. The number of benzene rings is 1. The van der Waals surface area contributed by atoms with Crippen LogP contribution in [0.15, 0.2) is 30.5 Å². The standard InChI is InChI=1S/C18H22N2O5/c1-11(21)20-10-12(13-7-5-6-8-15(13)20)9-14(16(22)23)19-17(24)25-18(2,3)4/h5-8,10,14H,9H2,1-4H3,(H,19,24)(H,22,23)/t14-/m0/s1. The van der Waals surface area contributed by atoms with Crippen LogP contribution in [0.4, 0.5) is 4.79 Å². The smallest absolute Gasteiger partial charge is 0.408 e. The van der Waals surface area contributed by atoms with Gasteiger partial charge in [0.05, 0.1) is 5.52 Å². The number of aliphatic carboxylic acids is 1. The van der Waals surface area contributed by atoms with E-state index in [-0.39, 0.29) is 12.3 Å². The SMILES string of the molecule is CC(=O)n1cc(C[C@H](NC(=O)OC(C)(C)C)C(=O)O)c2ccccc21. The number of ether oxygens (including phenoxy) is 1. The van der Waals surface area contributed by atoms with E-state index in [4.69, 9.17) is 4.74 Å². The lowest BCUT2D eigenvalue weighted by Gasteiger charge is -2.22. The molecule has 1 aromatic carbocycles. The number of carbonyl (C=O) groups is 3. The van der Waals surface area contributed by atoms with E-state index in [1.54, 1.807) is 39.1 Å². The van der Waals surface area contributed by atoms with Gasteiger partial charge in [-0.05, 0) is 32.4 Å². The van der Waals surface area contributed by atoms with E-state index in [2.05, 4.69) is 5.32 Å². The molecule has 25 heavy (non-hydrogen) atoms. The molecule has 0 radical (unpaired) electrons. The van der Waals surface area contributed by atoms with Crippen molar-refractivity contribution in [3.05, 3.63) is 36.0 Å². The highest BCUT2D eigenvalue weighted by Gasteiger charge is 2.25. The molecule has 1 aromatic heterocycles. The van der Waals surface area contributed by atoms with Gasteiger partial charge in [0.15, 0.2) is 0 Å². The van der Waals surface area contributed by atoms with E-state index < -0.39 is 23.7 Å². The second kappa shape index (κ2) is 6.96. The molecule has 0 bridgehead atoms. The fraction of sp³-hybridized carbons (Fsp3) is 0.389. The highest BCUT2D eigenvalue weighted by molar-refractivity contribution is 5.94. The number of rotatable bonds is 4. The molecule has 1 heterocycles.